The van der Waals surface area contributed by atoms with E-state index in [4.69, 9.17) is 18.5 Å². The van der Waals surface area contributed by atoms with E-state index in [9.17, 15) is 19.0 Å². The molecule has 0 aromatic rings. The van der Waals surface area contributed by atoms with Gasteiger partial charge in [0.05, 0.1) is 27.7 Å². The van der Waals surface area contributed by atoms with Gasteiger partial charge in [-0.2, -0.15) is 0 Å². The van der Waals surface area contributed by atoms with Crippen molar-refractivity contribution in [2.75, 3.05) is 47.5 Å². The lowest BCUT2D eigenvalue weighted by atomic mass is 10.0. The zero-order valence-electron chi connectivity index (χ0n) is 54.2. The Kier molecular flexibility index (Phi) is 60.9. The fraction of sp³-hybridized carbons (Fsp3) is 0.859. The zero-order chi connectivity index (χ0) is 59.1. The molecule has 0 heterocycles. The molecule has 0 spiro atoms. The number of nitrogens with zero attached hydrogens (tertiary/aromatic N) is 1. The number of unbranched alkanes of at least 4 members (excludes halogenated alkanes) is 43. The van der Waals surface area contributed by atoms with Crippen LogP contribution in [0.4, 0.5) is 0 Å². The molecule has 10 heteroatoms. The minimum Gasteiger partial charge on any atom is -0.756 e. The van der Waals surface area contributed by atoms with Gasteiger partial charge in [0, 0.05) is 12.8 Å². The molecule has 0 aliphatic carbocycles. The Morgan fingerprint density at radius 3 is 1.05 bits per heavy atom. The average Bonchev–Trinajstić information content (AvgIpc) is 3.43. The summed E-state index contributed by atoms with van der Waals surface area (Å²) in [5, 5.41) is 0. The van der Waals surface area contributed by atoms with Crippen molar-refractivity contribution in [3.63, 3.8) is 0 Å². The molecule has 0 aromatic carbocycles. The predicted molar refractivity (Wildman–Crippen MR) is 347 cm³/mol. The highest BCUT2D eigenvalue weighted by Crippen LogP contribution is 2.38. The van der Waals surface area contributed by atoms with E-state index in [1.54, 1.807) is 0 Å². The van der Waals surface area contributed by atoms with E-state index < -0.39 is 26.5 Å². The molecule has 0 N–H and O–H groups in total. The molecule has 9 nitrogen and oxygen atoms in total. The molecule has 0 saturated heterocycles. The van der Waals surface area contributed by atoms with Crippen LogP contribution in [-0.2, 0) is 32.7 Å². The van der Waals surface area contributed by atoms with Crippen molar-refractivity contribution < 1.29 is 42.1 Å². The summed E-state index contributed by atoms with van der Waals surface area (Å²) in [6, 6.07) is 0. The number of quaternary nitrogens is 1. The van der Waals surface area contributed by atoms with Crippen molar-refractivity contribution in [1.82, 2.24) is 0 Å². The standard InChI is InChI=1S/C71H134NO8P/c1-6-8-10-12-14-16-18-20-22-24-25-26-27-28-29-30-31-32-33-34-35-36-37-38-39-40-41-42-43-44-45-46-47-48-50-52-54-56-58-60-62-64-71(74)80-69(68-79-81(75,76)78-66-65-72(3,4)5)67-77-70(73)63-61-59-57-55-53-51-49-23-21-19-17-15-13-11-9-7-2/h8,10,14,16,20,22,25-26,69H,6-7,9,11-13,15,17-19,21,23-24,27-68H2,1-5H3/b10-8-,16-14-,22-20-,26-25-. The highest BCUT2D eigenvalue weighted by Gasteiger charge is 2.22. The first-order valence-electron chi connectivity index (χ1n) is 34.8. The second kappa shape index (κ2) is 62.5. The van der Waals surface area contributed by atoms with Gasteiger partial charge in [-0.1, -0.05) is 326 Å². The molecule has 0 amide bonds. The summed E-state index contributed by atoms with van der Waals surface area (Å²) in [5.41, 5.74) is 0. The summed E-state index contributed by atoms with van der Waals surface area (Å²) in [6.07, 6.45) is 80.7. The Bertz CT molecular complexity index is 1510. The van der Waals surface area contributed by atoms with Crippen molar-refractivity contribution in [3.8, 4) is 0 Å². The smallest absolute Gasteiger partial charge is 0.306 e. The largest absolute Gasteiger partial charge is 0.756 e. The van der Waals surface area contributed by atoms with Crippen molar-refractivity contribution >= 4 is 19.8 Å². The number of esters is 2. The van der Waals surface area contributed by atoms with E-state index in [-0.39, 0.29) is 32.0 Å². The number of likely N-dealkylation sites (N-methyl/N-ethyl adjacent to an activating group) is 1. The van der Waals surface area contributed by atoms with E-state index in [0.29, 0.717) is 17.4 Å². The number of phosphoric ester groups is 1. The predicted octanol–water partition coefficient (Wildman–Crippen LogP) is 21.8. The lowest BCUT2D eigenvalue weighted by Gasteiger charge is -2.28. The number of carbonyl (C=O) groups excluding carboxylic acids is 2. The normalized spacial score (nSPS) is 13.4. The summed E-state index contributed by atoms with van der Waals surface area (Å²) in [4.78, 5) is 37.9. The first-order chi connectivity index (χ1) is 39.5. The second-order valence-corrected chi connectivity index (χ2v) is 26.3. The van der Waals surface area contributed by atoms with Crippen LogP contribution in [-0.4, -0.2) is 70.0 Å². The molecule has 0 saturated carbocycles. The van der Waals surface area contributed by atoms with Gasteiger partial charge in [0.2, 0.25) is 0 Å². The highest BCUT2D eigenvalue weighted by molar-refractivity contribution is 7.45. The highest BCUT2D eigenvalue weighted by atomic mass is 31.2. The van der Waals surface area contributed by atoms with Gasteiger partial charge in [-0.15, -0.1) is 0 Å². The van der Waals surface area contributed by atoms with Gasteiger partial charge in [-0.25, -0.2) is 0 Å². The molecule has 476 valence electrons. The Balaban J connectivity index is 3.85. The Labute approximate surface area is 503 Å². The lowest BCUT2D eigenvalue weighted by Crippen LogP contribution is -2.37. The van der Waals surface area contributed by atoms with Crippen LogP contribution in [0.15, 0.2) is 48.6 Å². The van der Waals surface area contributed by atoms with Gasteiger partial charge in [-0.3, -0.25) is 14.2 Å². The van der Waals surface area contributed by atoms with Crippen LogP contribution < -0.4 is 4.89 Å². The Morgan fingerprint density at radius 2 is 0.704 bits per heavy atom. The van der Waals surface area contributed by atoms with Crippen LogP contribution in [0.2, 0.25) is 0 Å². The van der Waals surface area contributed by atoms with Crippen LogP contribution >= 0.6 is 7.82 Å². The van der Waals surface area contributed by atoms with Crippen molar-refractivity contribution in [2.24, 2.45) is 0 Å². The Hall–Kier alpha value is -2.03. The van der Waals surface area contributed by atoms with E-state index in [2.05, 4.69) is 62.5 Å². The molecule has 0 aromatic heterocycles. The number of hydrogen-bond donors (Lipinski definition) is 0. The van der Waals surface area contributed by atoms with Crippen molar-refractivity contribution in [3.05, 3.63) is 48.6 Å². The zero-order valence-corrected chi connectivity index (χ0v) is 55.1. The molecule has 0 radical (unpaired) electrons. The van der Waals surface area contributed by atoms with E-state index in [1.807, 2.05) is 21.1 Å². The van der Waals surface area contributed by atoms with E-state index in [1.165, 1.54) is 250 Å². The van der Waals surface area contributed by atoms with Gasteiger partial charge in [0.25, 0.3) is 7.82 Å². The summed E-state index contributed by atoms with van der Waals surface area (Å²) >= 11 is 0. The minimum absolute atomic E-state index is 0.0271. The summed E-state index contributed by atoms with van der Waals surface area (Å²) in [5.74, 6) is -0.812. The number of allylic oxidation sites excluding steroid dienone is 8. The van der Waals surface area contributed by atoms with Crippen LogP contribution in [0.1, 0.15) is 341 Å². The number of ether oxygens (including phenoxy) is 2. The van der Waals surface area contributed by atoms with Gasteiger partial charge in [0.15, 0.2) is 6.10 Å². The summed E-state index contributed by atoms with van der Waals surface area (Å²) in [7, 11) is 1.19. The van der Waals surface area contributed by atoms with Crippen LogP contribution in [0.3, 0.4) is 0 Å². The fourth-order valence-electron chi connectivity index (χ4n) is 10.3. The first-order valence-corrected chi connectivity index (χ1v) is 36.3. The molecule has 2 unspecified atom stereocenters. The third-order valence-corrected chi connectivity index (χ3v) is 16.6. The number of hydrogen-bond acceptors (Lipinski definition) is 8. The molecule has 0 fully saturated rings. The molecule has 81 heavy (non-hydrogen) atoms. The maximum absolute atomic E-state index is 12.8. The fourth-order valence-corrected chi connectivity index (χ4v) is 11.0. The molecule has 0 bridgehead atoms. The number of phosphoric acid groups is 1. The SMILES string of the molecule is CC/C=C\C/C=C\C/C=C\C/C=C\CCCCCCCCCCCCCCCCCCCCCCCCCCCCCCC(=O)OC(COC(=O)CCCCCCCCCCCCCCCCCC)COP(=O)([O-])OCC[N+](C)(C)C. The van der Waals surface area contributed by atoms with Crippen LogP contribution in [0.25, 0.3) is 0 Å². The summed E-state index contributed by atoms with van der Waals surface area (Å²) < 4.78 is 34.3. The van der Waals surface area contributed by atoms with E-state index in [0.717, 1.165) is 57.8 Å². The topological polar surface area (TPSA) is 111 Å². The molecule has 0 rings (SSSR count). The molecular formula is C71H134NO8P. The van der Waals surface area contributed by atoms with Crippen molar-refractivity contribution in [1.29, 1.82) is 0 Å². The first kappa shape index (κ1) is 79.0. The number of rotatable bonds is 65. The van der Waals surface area contributed by atoms with Gasteiger partial charge in [-0.05, 0) is 51.4 Å². The van der Waals surface area contributed by atoms with Crippen LogP contribution in [0, 0.1) is 0 Å². The monoisotopic (exact) mass is 1160 g/mol. The maximum Gasteiger partial charge on any atom is 0.306 e. The summed E-state index contributed by atoms with van der Waals surface area (Å²) in [6.45, 7) is 4.18. The van der Waals surface area contributed by atoms with Crippen molar-refractivity contribution in [2.45, 2.75) is 347 Å². The number of carbonyl (C=O) groups is 2. The third kappa shape index (κ3) is 67.0. The van der Waals surface area contributed by atoms with Gasteiger partial charge < -0.3 is 27.9 Å². The molecular weight excluding hydrogens is 1030 g/mol. The minimum atomic E-state index is -4.63. The van der Waals surface area contributed by atoms with Crippen LogP contribution in [0.5, 0.6) is 0 Å². The molecule has 0 aliphatic heterocycles. The Morgan fingerprint density at radius 1 is 0.395 bits per heavy atom. The maximum atomic E-state index is 12.8. The van der Waals surface area contributed by atoms with E-state index >= 15 is 0 Å². The third-order valence-electron chi connectivity index (χ3n) is 15.6. The molecule has 2 atom stereocenters. The lowest BCUT2D eigenvalue weighted by molar-refractivity contribution is -0.870. The van der Waals surface area contributed by atoms with Gasteiger partial charge >= 0.3 is 11.9 Å². The molecule has 0 aliphatic rings. The average molecular weight is 1160 g/mol. The second-order valence-electron chi connectivity index (χ2n) is 24.9. The quantitative estimate of drug-likeness (QED) is 0.0195. The van der Waals surface area contributed by atoms with Gasteiger partial charge in [0.1, 0.15) is 19.8 Å².